The molecule has 2 rings (SSSR count). The molecule has 2 aromatic rings. The van der Waals surface area contributed by atoms with Crippen LogP contribution in [-0.4, -0.2) is 0 Å². The largest absolute Gasteiger partial charge is 0.446 e. The maximum absolute atomic E-state index is 6.50. The molecule has 0 saturated carbocycles. The van der Waals surface area contributed by atoms with Crippen molar-refractivity contribution in [1.29, 1.82) is 0 Å². The summed E-state index contributed by atoms with van der Waals surface area (Å²) >= 11 is 12.4. The molecule has 1 nitrogen and oxygen atoms in total. The van der Waals surface area contributed by atoms with Crippen molar-refractivity contribution < 1.29 is 4.74 Å². The lowest BCUT2D eigenvalue weighted by Crippen LogP contribution is -1.94. The lowest BCUT2D eigenvalue weighted by Gasteiger charge is -2.08. The van der Waals surface area contributed by atoms with Crippen LogP contribution in [0.15, 0.2) is 53.8 Å². The van der Waals surface area contributed by atoms with E-state index in [4.69, 9.17) is 27.9 Å². The smallest absolute Gasteiger partial charge is 0.189 e. The lowest BCUT2D eigenvalue weighted by molar-refractivity contribution is 0.461. The first kappa shape index (κ1) is 21.9. The fraction of sp³-hybridized carbons (Fsp3) is 0.417. The molecule has 0 atom stereocenters. The first-order valence-electron chi connectivity index (χ1n) is 9.98. The van der Waals surface area contributed by atoms with Gasteiger partial charge in [-0.25, -0.2) is 0 Å². The van der Waals surface area contributed by atoms with Gasteiger partial charge in [-0.05, 0) is 85.2 Å². The fourth-order valence-corrected chi connectivity index (χ4v) is 3.44. The van der Waals surface area contributed by atoms with Crippen molar-refractivity contribution in [1.82, 2.24) is 0 Å². The summed E-state index contributed by atoms with van der Waals surface area (Å²) in [4.78, 5) is 0. The van der Waals surface area contributed by atoms with Crippen LogP contribution in [0.2, 0.25) is 5.02 Å². The molecular weight excluding hydrogens is 375 g/mol. The molecule has 0 saturated heterocycles. The zero-order chi connectivity index (χ0) is 19.5. The first-order chi connectivity index (χ1) is 13.1. The molecule has 0 radical (unpaired) electrons. The van der Waals surface area contributed by atoms with Crippen LogP contribution in [0.25, 0.3) is 0 Å². The molecule has 27 heavy (non-hydrogen) atoms. The van der Waals surface area contributed by atoms with Crippen LogP contribution in [0.3, 0.4) is 0 Å². The molecule has 146 valence electrons. The van der Waals surface area contributed by atoms with Crippen molar-refractivity contribution in [3.05, 3.63) is 75.5 Å². The van der Waals surface area contributed by atoms with E-state index in [0.29, 0.717) is 5.22 Å². The molecule has 0 spiro atoms. The number of hydrogen-bond donors (Lipinski definition) is 0. The van der Waals surface area contributed by atoms with Crippen molar-refractivity contribution in [3.8, 4) is 5.75 Å². The predicted molar refractivity (Wildman–Crippen MR) is 118 cm³/mol. The molecular formula is C24H30Cl2O. The van der Waals surface area contributed by atoms with E-state index in [1.165, 1.54) is 48.8 Å². The van der Waals surface area contributed by atoms with Crippen molar-refractivity contribution in [2.24, 2.45) is 0 Å². The second kappa shape index (κ2) is 12.1. The monoisotopic (exact) mass is 404 g/mol. The summed E-state index contributed by atoms with van der Waals surface area (Å²) in [6.07, 6.45) is 11.2. The van der Waals surface area contributed by atoms with Crippen LogP contribution in [-0.2, 0) is 19.3 Å². The van der Waals surface area contributed by atoms with E-state index >= 15 is 0 Å². The SMILES string of the molecule is C/C=C(/Cl)Oc1ccc(CCc2ccc(CCCCCCC)c(Cl)c2)cc1. The second-order valence-electron chi connectivity index (χ2n) is 6.93. The number of halogens is 2. The molecule has 3 heteroatoms. The molecule has 0 aliphatic heterocycles. The molecule has 0 fully saturated rings. The van der Waals surface area contributed by atoms with Gasteiger partial charge in [0.1, 0.15) is 5.75 Å². The van der Waals surface area contributed by atoms with Crippen LogP contribution >= 0.6 is 23.2 Å². The van der Waals surface area contributed by atoms with Gasteiger partial charge in [-0.15, -0.1) is 0 Å². The van der Waals surface area contributed by atoms with Crippen molar-refractivity contribution in [3.63, 3.8) is 0 Å². The maximum Gasteiger partial charge on any atom is 0.189 e. The summed E-state index contributed by atoms with van der Waals surface area (Å²) in [6, 6.07) is 14.6. The summed E-state index contributed by atoms with van der Waals surface area (Å²) in [6.45, 7) is 4.09. The average Bonchev–Trinajstić information content (AvgIpc) is 2.68. The van der Waals surface area contributed by atoms with Gasteiger partial charge in [0.2, 0.25) is 0 Å². The topological polar surface area (TPSA) is 9.23 Å². The van der Waals surface area contributed by atoms with Gasteiger partial charge < -0.3 is 4.74 Å². The van der Waals surface area contributed by atoms with Crippen LogP contribution in [0, 0.1) is 0 Å². The highest BCUT2D eigenvalue weighted by molar-refractivity contribution is 6.31. The Hall–Kier alpha value is -1.44. The third kappa shape index (κ3) is 7.99. The zero-order valence-electron chi connectivity index (χ0n) is 16.4. The van der Waals surface area contributed by atoms with Gasteiger partial charge in [0, 0.05) is 5.02 Å². The van der Waals surface area contributed by atoms with E-state index in [1.54, 1.807) is 6.08 Å². The summed E-state index contributed by atoms with van der Waals surface area (Å²) in [7, 11) is 0. The minimum absolute atomic E-state index is 0.392. The number of unbranched alkanes of at least 4 members (excludes halogenated alkanes) is 4. The lowest BCUT2D eigenvalue weighted by atomic mass is 10.0. The Balaban J connectivity index is 1.82. The highest BCUT2D eigenvalue weighted by Crippen LogP contribution is 2.22. The maximum atomic E-state index is 6.50. The molecule has 0 aliphatic carbocycles. The summed E-state index contributed by atoms with van der Waals surface area (Å²) in [5.74, 6) is 0.758. The highest BCUT2D eigenvalue weighted by atomic mass is 35.5. The first-order valence-corrected chi connectivity index (χ1v) is 10.7. The van der Waals surface area contributed by atoms with E-state index in [1.807, 2.05) is 19.1 Å². The number of ether oxygens (including phenoxy) is 1. The molecule has 2 aromatic carbocycles. The molecule has 0 unspecified atom stereocenters. The van der Waals surface area contributed by atoms with E-state index in [2.05, 4.69) is 37.3 Å². The van der Waals surface area contributed by atoms with Crippen LogP contribution in [0.4, 0.5) is 0 Å². The van der Waals surface area contributed by atoms with Gasteiger partial charge in [0.25, 0.3) is 0 Å². The van der Waals surface area contributed by atoms with Crippen molar-refractivity contribution in [2.45, 2.75) is 65.2 Å². The van der Waals surface area contributed by atoms with E-state index in [9.17, 15) is 0 Å². The summed E-state index contributed by atoms with van der Waals surface area (Å²) in [5.41, 5.74) is 3.83. The summed E-state index contributed by atoms with van der Waals surface area (Å²) in [5, 5.41) is 1.30. The van der Waals surface area contributed by atoms with E-state index in [-0.39, 0.29) is 0 Å². The molecule has 0 aromatic heterocycles. The predicted octanol–water partition coefficient (Wildman–Crippen LogP) is 8.12. The standard InChI is InChI=1S/C24H30Cl2O/c1-3-5-6-7-8-9-21-15-12-20(18-23(21)25)11-10-19-13-16-22(17-14-19)27-24(26)4-2/h4,12-18H,3,5-11H2,1-2H3/b24-4-. The Morgan fingerprint density at radius 2 is 1.56 bits per heavy atom. The van der Waals surface area contributed by atoms with Crippen molar-refractivity contribution >= 4 is 23.2 Å². The Labute approximate surface area is 174 Å². The second-order valence-corrected chi connectivity index (χ2v) is 7.71. The van der Waals surface area contributed by atoms with Gasteiger partial charge in [-0.2, -0.15) is 0 Å². The normalized spacial score (nSPS) is 11.6. The fourth-order valence-electron chi connectivity index (χ4n) is 3.05. The van der Waals surface area contributed by atoms with E-state index < -0.39 is 0 Å². The summed E-state index contributed by atoms with van der Waals surface area (Å²) < 4.78 is 5.47. The number of allylic oxidation sites excluding steroid dienone is 1. The average molecular weight is 405 g/mol. The Bertz CT molecular complexity index is 720. The van der Waals surface area contributed by atoms with Crippen molar-refractivity contribution in [2.75, 3.05) is 0 Å². The van der Waals surface area contributed by atoms with E-state index in [0.717, 1.165) is 30.0 Å². The Morgan fingerprint density at radius 1 is 0.889 bits per heavy atom. The van der Waals surface area contributed by atoms with Gasteiger partial charge in [0.15, 0.2) is 5.22 Å². The van der Waals surface area contributed by atoms with Crippen LogP contribution in [0.1, 0.15) is 62.6 Å². The van der Waals surface area contributed by atoms with Gasteiger partial charge in [-0.1, -0.05) is 68.5 Å². The van der Waals surface area contributed by atoms with Crippen LogP contribution in [0.5, 0.6) is 5.75 Å². The third-order valence-electron chi connectivity index (χ3n) is 4.74. The molecule has 0 aliphatic rings. The number of benzene rings is 2. The highest BCUT2D eigenvalue weighted by Gasteiger charge is 2.04. The Morgan fingerprint density at radius 3 is 2.22 bits per heavy atom. The zero-order valence-corrected chi connectivity index (χ0v) is 18.0. The minimum atomic E-state index is 0.392. The Kier molecular flexibility index (Phi) is 9.80. The van der Waals surface area contributed by atoms with Gasteiger partial charge >= 0.3 is 0 Å². The molecule has 0 heterocycles. The van der Waals surface area contributed by atoms with Gasteiger partial charge in [0.05, 0.1) is 0 Å². The molecule has 0 amide bonds. The number of aryl methyl sites for hydroxylation is 3. The quantitative estimate of drug-likeness (QED) is 0.271. The minimum Gasteiger partial charge on any atom is -0.446 e. The third-order valence-corrected chi connectivity index (χ3v) is 5.38. The van der Waals surface area contributed by atoms with Crippen LogP contribution < -0.4 is 4.74 Å². The number of rotatable bonds is 11. The number of hydrogen-bond acceptors (Lipinski definition) is 1. The van der Waals surface area contributed by atoms with Gasteiger partial charge in [-0.3, -0.25) is 0 Å². The molecule has 0 bridgehead atoms. The molecule has 0 N–H and O–H groups in total.